The Morgan fingerprint density at radius 3 is 2.68 bits per heavy atom. The molecule has 1 aromatic carbocycles. The minimum absolute atomic E-state index is 0.157. The van der Waals surface area contributed by atoms with Gasteiger partial charge in [-0.3, -0.25) is 14.6 Å². The zero-order valence-electron chi connectivity index (χ0n) is 10.9. The van der Waals surface area contributed by atoms with Crippen molar-refractivity contribution in [1.29, 1.82) is 0 Å². The van der Waals surface area contributed by atoms with Crippen LogP contribution in [0.3, 0.4) is 0 Å². The van der Waals surface area contributed by atoms with E-state index in [1.54, 1.807) is 0 Å². The highest BCUT2D eigenvalue weighted by molar-refractivity contribution is 9.10. The molecule has 1 aromatic rings. The Morgan fingerprint density at radius 1 is 1.21 bits per heavy atom. The minimum atomic E-state index is -0.736. The predicted molar refractivity (Wildman–Crippen MR) is 78.1 cm³/mol. The molecule has 1 fully saturated rings. The SMILES string of the molecule is O=C(O)CN1CCCN(Cc2cccc(Br)c2)CC1. The van der Waals surface area contributed by atoms with Crippen molar-refractivity contribution >= 4 is 21.9 Å². The van der Waals surface area contributed by atoms with E-state index in [9.17, 15) is 4.79 Å². The fraction of sp³-hybridized carbons (Fsp3) is 0.500. The van der Waals surface area contributed by atoms with Crippen LogP contribution < -0.4 is 0 Å². The Bertz CT molecular complexity index is 439. The van der Waals surface area contributed by atoms with E-state index in [0.717, 1.165) is 43.6 Å². The molecule has 0 aliphatic carbocycles. The van der Waals surface area contributed by atoms with Gasteiger partial charge in [0.15, 0.2) is 0 Å². The van der Waals surface area contributed by atoms with Gasteiger partial charge in [0, 0.05) is 30.7 Å². The molecule has 4 nitrogen and oxygen atoms in total. The molecule has 0 amide bonds. The number of hydrogen-bond donors (Lipinski definition) is 1. The molecule has 1 heterocycles. The summed E-state index contributed by atoms with van der Waals surface area (Å²) in [4.78, 5) is 15.1. The molecular weight excluding hydrogens is 308 g/mol. The van der Waals surface area contributed by atoms with Crippen LogP contribution >= 0.6 is 15.9 Å². The van der Waals surface area contributed by atoms with Crippen LogP contribution in [0.5, 0.6) is 0 Å². The molecule has 0 unspecified atom stereocenters. The van der Waals surface area contributed by atoms with Gasteiger partial charge in [-0.25, -0.2) is 0 Å². The summed E-state index contributed by atoms with van der Waals surface area (Å²) in [6.07, 6.45) is 1.03. The van der Waals surface area contributed by atoms with Gasteiger partial charge in [-0.05, 0) is 30.7 Å². The van der Waals surface area contributed by atoms with E-state index in [4.69, 9.17) is 5.11 Å². The lowest BCUT2D eigenvalue weighted by atomic mass is 10.2. The first-order chi connectivity index (χ1) is 9.13. The number of aliphatic carboxylic acids is 1. The van der Waals surface area contributed by atoms with E-state index < -0.39 is 5.97 Å². The molecule has 1 saturated heterocycles. The lowest BCUT2D eigenvalue weighted by molar-refractivity contribution is -0.138. The predicted octanol–water partition coefficient (Wildman–Crippen LogP) is 2.04. The second-order valence-corrected chi connectivity index (χ2v) is 5.85. The summed E-state index contributed by atoms with van der Waals surface area (Å²) >= 11 is 3.49. The average molecular weight is 327 g/mol. The minimum Gasteiger partial charge on any atom is -0.480 e. The first-order valence-corrected chi connectivity index (χ1v) is 7.34. The Balaban J connectivity index is 1.87. The van der Waals surface area contributed by atoms with Crippen LogP contribution in [0, 0.1) is 0 Å². The molecule has 1 N–H and O–H groups in total. The molecule has 0 bridgehead atoms. The third-order valence-corrected chi connectivity index (χ3v) is 3.83. The van der Waals surface area contributed by atoms with Crippen LogP contribution in [-0.4, -0.2) is 53.6 Å². The molecule has 0 spiro atoms. The summed E-state index contributed by atoms with van der Waals surface area (Å²) in [7, 11) is 0. The zero-order chi connectivity index (χ0) is 13.7. The Hall–Kier alpha value is -0.910. The van der Waals surface area contributed by atoms with Gasteiger partial charge in [0.25, 0.3) is 0 Å². The number of carboxylic acid groups (broad SMARTS) is 1. The molecule has 104 valence electrons. The van der Waals surface area contributed by atoms with Crippen molar-refractivity contribution in [3.05, 3.63) is 34.3 Å². The van der Waals surface area contributed by atoms with E-state index in [0.29, 0.717) is 0 Å². The Labute approximate surface area is 122 Å². The number of halogens is 1. The van der Waals surface area contributed by atoms with Crippen molar-refractivity contribution in [2.75, 3.05) is 32.7 Å². The first-order valence-electron chi connectivity index (χ1n) is 6.54. The van der Waals surface area contributed by atoms with Gasteiger partial charge in [0.05, 0.1) is 6.54 Å². The molecule has 2 rings (SSSR count). The molecule has 0 aromatic heterocycles. The number of benzene rings is 1. The lowest BCUT2D eigenvalue weighted by Gasteiger charge is -2.20. The molecule has 19 heavy (non-hydrogen) atoms. The smallest absolute Gasteiger partial charge is 0.317 e. The van der Waals surface area contributed by atoms with Crippen LogP contribution in [-0.2, 0) is 11.3 Å². The van der Waals surface area contributed by atoms with E-state index in [1.807, 2.05) is 17.0 Å². The summed E-state index contributed by atoms with van der Waals surface area (Å²) in [6, 6.07) is 8.35. The fourth-order valence-corrected chi connectivity index (χ4v) is 2.87. The fourth-order valence-electron chi connectivity index (χ4n) is 2.43. The summed E-state index contributed by atoms with van der Waals surface area (Å²) in [5, 5.41) is 8.83. The van der Waals surface area contributed by atoms with Gasteiger partial charge in [-0.1, -0.05) is 28.1 Å². The number of carboxylic acids is 1. The van der Waals surface area contributed by atoms with E-state index in [-0.39, 0.29) is 6.54 Å². The highest BCUT2D eigenvalue weighted by atomic mass is 79.9. The van der Waals surface area contributed by atoms with Crippen molar-refractivity contribution in [1.82, 2.24) is 9.80 Å². The monoisotopic (exact) mass is 326 g/mol. The van der Waals surface area contributed by atoms with E-state index >= 15 is 0 Å². The largest absolute Gasteiger partial charge is 0.480 e. The van der Waals surface area contributed by atoms with Crippen molar-refractivity contribution in [3.8, 4) is 0 Å². The molecular formula is C14H19BrN2O2. The molecule has 0 saturated carbocycles. The quantitative estimate of drug-likeness (QED) is 0.919. The van der Waals surface area contributed by atoms with Crippen molar-refractivity contribution in [2.45, 2.75) is 13.0 Å². The maximum absolute atomic E-state index is 10.7. The third-order valence-electron chi connectivity index (χ3n) is 3.34. The van der Waals surface area contributed by atoms with Gasteiger partial charge in [-0.2, -0.15) is 0 Å². The van der Waals surface area contributed by atoms with Crippen LogP contribution in [0.15, 0.2) is 28.7 Å². The van der Waals surface area contributed by atoms with Gasteiger partial charge in [-0.15, -0.1) is 0 Å². The van der Waals surface area contributed by atoms with Gasteiger partial charge < -0.3 is 5.11 Å². The molecule has 1 aliphatic heterocycles. The maximum atomic E-state index is 10.7. The summed E-state index contributed by atoms with van der Waals surface area (Å²) in [5.41, 5.74) is 1.29. The second-order valence-electron chi connectivity index (χ2n) is 4.93. The number of rotatable bonds is 4. The number of carbonyl (C=O) groups is 1. The maximum Gasteiger partial charge on any atom is 0.317 e. The van der Waals surface area contributed by atoms with Gasteiger partial charge in [0.1, 0.15) is 0 Å². The van der Waals surface area contributed by atoms with Crippen LogP contribution in [0.4, 0.5) is 0 Å². The van der Waals surface area contributed by atoms with Crippen LogP contribution in [0.25, 0.3) is 0 Å². The lowest BCUT2D eigenvalue weighted by Crippen LogP contribution is -2.34. The normalized spacial score (nSPS) is 18.2. The third kappa shape index (κ3) is 4.93. The zero-order valence-corrected chi connectivity index (χ0v) is 12.5. The van der Waals surface area contributed by atoms with Crippen molar-refractivity contribution in [3.63, 3.8) is 0 Å². The average Bonchev–Trinajstić information content (AvgIpc) is 2.54. The Morgan fingerprint density at radius 2 is 1.95 bits per heavy atom. The summed E-state index contributed by atoms with van der Waals surface area (Å²) in [6.45, 7) is 4.76. The van der Waals surface area contributed by atoms with E-state index in [1.165, 1.54) is 5.56 Å². The highest BCUT2D eigenvalue weighted by Gasteiger charge is 2.16. The standard InChI is InChI=1S/C14H19BrN2O2/c15-13-4-1-3-12(9-13)10-16-5-2-6-17(8-7-16)11-14(18)19/h1,3-4,9H,2,5-8,10-11H2,(H,18,19). The number of nitrogens with zero attached hydrogens (tertiary/aromatic N) is 2. The molecule has 5 heteroatoms. The van der Waals surface area contributed by atoms with Crippen LogP contribution in [0.2, 0.25) is 0 Å². The van der Waals surface area contributed by atoms with Gasteiger partial charge >= 0.3 is 5.97 Å². The summed E-state index contributed by atoms with van der Waals surface area (Å²) in [5.74, 6) is -0.736. The number of hydrogen-bond acceptors (Lipinski definition) is 3. The van der Waals surface area contributed by atoms with Crippen LogP contribution in [0.1, 0.15) is 12.0 Å². The summed E-state index contributed by atoms with van der Waals surface area (Å²) < 4.78 is 1.10. The molecule has 1 aliphatic rings. The topological polar surface area (TPSA) is 43.8 Å². The molecule has 0 atom stereocenters. The second kappa shape index (κ2) is 7.03. The van der Waals surface area contributed by atoms with E-state index in [2.05, 4.69) is 33.0 Å². The highest BCUT2D eigenvalue weighted by Crippen LogP contribution is 2.14. The molecule has 0 radical (unpaired) electrons. The van der Waals surface area contributed by atoms with Gasteiger partial charge in [0.2, 0.25) is 0 Å². The van der Waals surface area contributed by atoms with Crippen molar-refractivity contribution < 1.29 is 9.90 Å². The van der Waals surface area contributed by atoms with Crippen molar-refractivity contribution in [2.24, 2.45) is 0 Å². The Kier molecular flexibility index (Phi) is 5.36. The first kappa shape index (κ1) is 14.5.